The van der Waals surface area contributed by atoms with Crippen LogP contribution in [0.5, 0.6) is 5.75 Å². The Morgan fingerprint density at radius 1 is 0.753 bits per heavy atom. The van der Waals surface area contributed by atoms with Gasteiger partial charge >= 0.3 is 5.97 Å². The number of benzene rings is 2. The second-order valence-corrected chi connectivity index (χ2v) is 22.6. The molecule has 2 aromatic carbocycles. The normalized spacial score (nSPS) is 17.2. The summed E-state index contributed by atoms with van der Waals surface area (Å²) in [5.74, 6) is -1.84. The van der Waals surface area contributed by atoms with Crippen LogP contribution < -0.4 is 12.9 Å². The van der Waals surface area contributed by atoms with E-state index in [1.807, 2.05) is 58.3 Å². The number of hydrogen-bond donors (Lipinski definition) is 0. The molecule has 2 aromatic rings. The molecule has 1 saturated heterocycles. The van der Waals surface area contributed by atoms with Crippen molar-refractivity contribution in [2.75, 3.05) is 142 Å². The van der Waals surface area contributed by atoms with Crippen LogP contribution in [0.1, 0.15) is 69.4 Å². The molecule has 1 atom stereocenters. The fraction of sp³-hybridized carbons (Fsp3) is 0.577. The van der Waals surface area contributed by atoms with Crippen molar-refractivity contribution in [3.63, 3.8) is 0 Å². The van der Waals surface area contributed by atoms with Gasteiger partial charge in [0, 0.05) is 97.0 Å². The number of ether oxygens (including phenoxy) is 8. The Labute approximate surface area is 462 Å². The fourth-order valence-corrected chi connectivity index (χ4v) is 10.9. The first-order valence-corrected chi connectivity index (χ1v) is 30.6. The third-order valence-corrected chi connectivity index (χ3v) is 15.5. The molecule has 0 radical (unpaired) electrons. The second kappa shape index (κ2) is 33.4. The van der Waals surface area contributed by atoms with E-state index >= 15 is 0 Å². The van der Waals surface area contributed by atoms with Gasteiger partial charge in [-0.15, -0.1) is 5.06 Å². The highest BCUT2D eigenvalue weighted by Gasteiger charge is 2.43. The Kier molecular flexibility index (Phi) is 27.6. The number of amides is 2. The third-order valence-electron chi connectivity index (χ3n) is 12.5. The summed E-state index contributed by atoms with van der Waals surface area (Å²) in [6.07, 6.45) is 8.95. The van der Waals surface area contributed by atoms with Gasteiger partial charge in [0.2, 0.25) is 0 Å². The molecule has 5 rings (SSSR count). The highest BCUT2D eigenvalue weighted by Crippen LogP contribution is 2.51. The molecular weight excluding hydrogens is 1160 g/mol. The molecule has 0 aliphatic carbocycles. The SMILES string of the molecule is COCCOCCOCCOCCN(CCOCCOCCOCCOC)c1ccc2c(c1)OI=CC=C2/C=C/C=C1/N(CCCCCC(=O)ON2C(=O)CCC2=O)c2ccc(S(=O)(=O)[O-])cc2C1(C)CCCS(=O)(=O)[O-]. The van der Waals surface area contributed by atoms with Crippen LogP contribution >= 0.6 is 21.1 Å². The van der Waals surface area contributed by atoms with Crippen LogP contribution in [-0.2, 0) is 82.8 Å². The van der Waals surface area contributed by atoms with E-state index in [9.17, 15) is 40.3 Å². The number of allylic oxidation sites excluding steroid dienone is 6. The van der Waals surface area contributed by atoms with Gasteiger partial charge in [0.25, 0.3) is 11.8 Å². The number of nitrogens with zero attached hydrogens (tertiary/aromatic N) is 3. The molecule has 0 N–H and O–H groups in total. The predicted molar refractivity (Wildman–Crippen MR) is 292 cm³/mol. The number of imide groups is 1. The number of fused-ring (bicyclic) bond motifs is 2. The number of carbonyl (C=O) groups is 3. The molecule has 1 fully saturated rings. The van der Waals surface area contributed by atoms with Gasteiger partial charge in [-0.1, -0.05) is 18.6 Å². The molecule has 0 bridgehead atoms. The summed E-state index contributed by atoms with van der Waals surface area (Å²) in [5.41, 5.74) is 3.21. The Balaban J connectivity index is 1.33. The lowest BCUT2D eigenvalue weighted by Gasteiger charge is -2.31. The number of methoxy groups -OCH3 is 2. The average molecular weight is 1230 g/mol. The Morgan fingerprint density at radius 2 is 1.34 bits per heavy atom. The van der Waals surface area contributed by atoms with E-state index in [-0.39, 0.29) is 32.1 Å². The summed E-state index contributed by atoms with van der Waals surface area (Å²) in [4.78, 5) is 45.1. The zero-order valence-electron chi connectivity index (χ0n) is 44.0. The molecule has 77 heavy (non-hydrogen) atoms. The van der Waals surface area contributed by atoms with Crippen molar-refractivity contribution in [2.45, 2.75) is 68.6 Å². The topological polar surface area (TPSA) is 268 Å². The molecule has 1 unspecified atom stereocenters. The lowest BCUT2D eigenvalue weighted by Crippen LogP contribution is -2.32. The Morgan fingerprint density at radius 3 is 1.91 bits per heavy atom. The van der Waals surface area contributed by atoms with Crippen molar-refractivity contribution in [1.82, 2.24) is 5.06 Å². The molecule has 25 heteroatoms. The van der Waals surface area contributed by atoms with Crippen LogP contribution in [0.25, 0.3) is 5.57 Å². The number of halogens is 1. The molecular formula is C52H72IN3O19S2-2. The van der Waals surface area contributed by atoms with Crippen LogP contribution in [0.2, 0.25) is 0 Å². The van der Waals surface area contributed by atoms with E-state index < -0.39 is 75.2 Å². The quantitative estimate of drug-likeness (QED) is 0.0370. The van der Waals surface area contributed by atoms with Crippen molar-refractivity contribution >= 4 is 80.1 Å². The minimum atomic E-state index is -4.89. The summed E-state index contributed by atoms with van der Waals surface area (Å²) < 4.78 is 125. The zero-order valence-corrected chi connectivity index (χ0v) is 47.8. The first-order valence-electron chi connectivity index (χ1n) is 25.5. The fourth-order valence-electron chi connectivity index (χ4n) is 8.56. The van der Waals surface area contributed by atoms with E-state index in [0.29, 0.717) is 159 Å². The van der Waals surface area contributed by atoms with E-state index in [0.717, 1.165) is 16.8 Å². The van der Waals surface area contributed by atoms with Crippen molar-refractivity contribution in [3.05, 3.63) is 77.5 Å². The highest BCUT2D eigenvalue weighted by atomic mass is 127. The molecule has 3 aliphatic rings. The van der Waals surface area contributed by atoms with Crippen molar-refractivity contribution < 1.29 is 86.1 Å². The lowest BCUT2D eigenvalue weighted by atomic mass is 9.77. The van der Waals surface area contributed by atoms with E-state index in [1.165, 1.54) is 12.1 Å². The molecule has 3 aliphatic heterocycles. The van der Waals surface area contributed by atoms with Crippen LogP contribution in [0.4, 0.5) is 11.4 Å². The summed E-state index contributed by atoms with van der Waals surface area (Å²) in [5, 5.41) is 0.510. The van der Waals surface area contributed by atoms with Crippen LogP contribution in [0, 0.1) is 0 Å². The maximum atomic E-state index is 12.5. The predicted octanol–water partition coefficient (Wildman–Crippen LogP) is 4.96. The monoisotopic (exact) mass is 1230 g/mol. The van der Waals surface area contributed by atoms with Gasteiger partial charge in [0.1, 0.15) is 37.0 Å². The molecule has 22 nitrogen and oxygen atoms in total. The van der Waals surface area contributed by atoms with Crippen molar-refractivity contribution in [3.8, 4) is 5.75 Å². The van der Waals surface area contributed by atoms with Crippen LogP contribution in [-0.4, -0.2) is 185 Å². The minimum Gasteiger partial charge on any atom is -0.748 e. The van der Waals surface area contributed by atoms with Crippen LogP contribution in [0.3, 0.4) is 0 Å². The van der Waals surface area contributed by atoms with Gasteiger partial charge in [0.15, 0.2) is 0 Å². The second-order valence-electron chi connectivity index (χ2n) is 18.0. The maximum Gasteiger partial charge on any atom is 0.333 e. The smallest absolute Gasteiger partial charge is 0.333 e. The van der Waals surface area contributed by atoms with Gasteiger partial charge in [-0.25, -0.2) is 21.6 Å². The van der Waals surface area contributed by atoms with Crippen LogP contribution in [0.15, 0.2) is 71.3 Å². The third kappa shape index (κ3) is 21.4. The summed E-state index contributed by atoms with van der Waals surface area (Å²) in [6.45, 7) is 9.61. The summed E-state index contributed by atoms with van der Waals surface area (Å²) >= 11 is -0.845. The number of hydrogen-bond acceptors (Lipinski definition) is 21. The number of anilines is 2. The molecule has 0 saturated carbocycles. The zero-order chi connectivity index (χ0) is 55.5. The van der Waals surface area contributed by atoms with Gasteiger partial charge in [0.05, 0.1) is 108 Å². The summed E-state index contributed by atoms with van der Waals surface area (Å²) in [6, 6.07) is 10.1. The average Bonchev–Trinajstić information content (AvgIpc) is 3.82. The standard InChI is InChI=1S/C52H74IN3O19S2/c1-52(19-8-38-76(60,61)62)45-40-43(77(63,64)65)13-15-46(45)55(21-6-4-5-11-51(59)75-56-49(57)16-17-50(56)58)48(52)10-7-9-41-18-20-53-74-47-39-42(12-14-44(41)47)54(22-24-68-30-32-72-36-34-70-28-26-66-2)23-25-69-31-33-73-37-35-71-29-27-67-3/h7,9-10,12-15,18,20,39-40H,4-6,8,11,16-17,19,21-38H2,1-3H3,(H,60,61,62)(H,63,64,65)/p-2/b9-7+,48-10+. The number of rotatable bonds is 39. The molecule has 3 heterocycles. The van der Waals surface area contributed by atoms with Gasteiger partial charge in [-0.05, 0) is 86.2 Å². The van der Waals surface area contributed by atoms with Gasteiger partial charge in [-0.2, -0.15) is 0 Å². The van der Waals surface area contributed by atoms with Gasteiger partial charge < -0.3 is 64.7 Å². The molecule has 0 spiro atoms. The summed E-state index contributed by atoms with van der Waals surface area (Å²) in [7, 11) is -6.26. The Hall–Kier alpha value is -4.23. The maximum absolute atomic E-state index is 12.5. The van der Waals surface area contributed by atoms with E-state index in [1.54, 1.807) is 20.3 Å². The first kappa shape index (κ1) is 63.6. The minimum absolute atomic E-state index is 0.0204. The number of carbonyl (C=O) groups excluding carboxylic acids is 3. The Bertz CT molecular complexity index is 2540. The lowest BCUT2D eigenvalue weighted by molar-refractivity contribution is -0.197. The largest absolute Gasteiger partial charge is 0.748 e. The van der Waals surface area contributed by atoms with Gasteiger partial charge in [-0.3, -0.25) is 9.59 Å². The molecule has 430 valence electrons. The van der Waals surface area contributed by atoms with Crippen molar-refractivity contribution in [1.29, 1.82) is 0 Å². The van der Waals surface area contributed by atoms with E-state index in [2.05, 4.69) is 4.90 Å². The molecule has 2 amide bonds. The number of hydroxylamine groups is 2. The van der Waals surface area contributed by atoms with Crippen molar-refractivity contribution in [2.24, 2.45) is 0 Å². The highest BCUT2D eigenvalue weighted by molar-refractivity contribution is 14.2. The molecule has 0 aromatic heterocycles. The first-order chi connectivity index (χ1) is 37.1. The number of unbranched alkanes of at least 4 members (excludes halogenated alkanes) is 2. The van der Waals surface area contributed by atoms with E-state index in [4.69, 9.17) is 45.8 Å².